The van der Waals surface area contributed by atoms with E-state index in [1.807, 2.05) is 20.8 Å². The normalized spacial score (nSPS) is 12.4. The SMILES string of the molecule is CCCC(C)(C)NS(=O)(=O)c1ccc(NC)nc1. The third-order valence-corrected chi connectivity index (χ3v) is 4.27. The van der Waals surface area contributed by atoms with Crippen LogP contribution in [0.25, 0.3) is 0 Å². The molecule has 0 aliphatic carbocycles. The summed E-state index contributed by atoms with van der Waals surface area (Å²) in [4.78, 5) is 4.19. The molecule has 1 aromatic rings. The van der Waals surface area contributed by atoms with Crippen molar-refractivity contribution in [3.05, 3.63) is 18.3 Å². The molecule has 0 bridgehead atoms. The van der Waals surface area contributed by atoms with E-state index in [0.717, 1.165) is 12.8 Å². The minimum Gasteiger partial charge on any atom is -0.373 e. The highest BCUT2D eigenvalue weighted by atomic mass is 32.2. The zero-order valence-corrected chi connectivity index (χ0v) is 12.1. The Labute approximate surface area is 109 Å². The maximum Gasteiger partial charge on any atom is 0.242 e. The van der Waals surface area contributed by atoms with Crippen molar-refractivity contribution in [1.29, 1.82) is 0 Å². The van der Waals surface area contributed by atoms with Gasteiger partial charge in [-0.1, -0.05) is 13.3 Å². The van der Waals surface area contributed by atoms with Gasteiger partial charge in [-0.2, -0.15) is 0 Å². The summed E-state index contributed by atoms with van der Waals surface area (Å²) in [5.41, 5.74) is -0.449. The number of anilines is 1. The van der Waals surface area contributed by atoms with Crippen LogP contribution in [0.4, 0.5) is 5.82 Å². The number of nitrogens with zero attached hydrogens (tertiary/aromatic N) is 1. The predicted octanol–water partition coefficient (Wildman–Crippen LogP) is 1.98. The second kappa shape index (κ2) is 5.67. The summed E-state index contributed by atoms with van der Waals surface area (Å²) >= 11 is 0. The second-order valence-corrected chi connectivity index (χ2v) is 6.55. The number of rotatable bonds is 6. The summed E-state index contributed by atoms with van der Waals surface area (Å²) in [7, 11) is -1.77. The van der Waals surface area contributed by atoms with Crippen LogP contribution in [0.5, 0.6) is 0 Å². The lowest BCUT2D eigenvalue weighted by atomic mass is 10.0. The van der Waals surface area contributed by atoms with E-state index in [0.29, 0.717) is 5.82 Å². The van der Waals surface area contributed by atoms with Crippen LogP contribution in [-0.2, 0) is 10.0 Å². The molecule has 0 atom stereocenters. The minimum atomic E-state index is -3.51. The zero-order valence-electron chi connectivity index (χ0n) is 11.3. The molecule has 102 valence electrons. The maximum atomic E-state index is 12.2. The molecule has 0 aliphatic heterocycles. The number of nitrogens with one attached hydrogen (secondary N) is 2. The molecule has 1 rings (SSSR count). The second-order valence-electron chi connectivity index (χ2n) is 4.87. The van der Waals surface area contributed by atoms with Gasteiger partial charge in [0, 0.05) is 18.8 Å². The van der Waals surface area contributed by atoms with Gasteiger partial charge in [-0.05, 0) is 32.4 Å². The minimum absolute atomic E-state index is 0.186. The molecule has 0 aromatic carbocycles. The standard InChI is InChI=1S/C12H21N3O2S/c1-5-8-12(2,3)15-18(16,17)10-6-7-11(13-4)14-9-10/h6-7,9,15H,5,8H2,1-4H3,(H,13,14). The van der Waals surface area contributed by atoms with E-state index in [1.54, 1.807) is 19.2 Å². The van der Waals surface area contributed by atoms with Gasteiger partial charge in [0.15, 0.2) is 0 Å². The third kappa shape index (κ3) is 3.96. The molecule has 0 spiro atoms. The van der Waals surface area contributed by atoms with E-state index in [1.165, 1.54) is 6.20 Å². The largest absolute Gasteiger partial charge is 0.373 e. The topological polar surface area (TPSA) is 71.1 Å². The monoisotopic (exact) mass is 271 g/mol. The highest BCUT2D eigenvalue weighted by molar-refractivity contribution is 7.89. The Hall–Kier alpha value is -1.14. The van der Waals surface area contributed by atoms with Crippen molar-refractivity contribution in [2.75, 3.05) is 12.4 Å². The summed E-state index contributed by atoms with van der Waals surface area (Å²) < 4.78 is 27.0. The molecule has 0 aliphatic rings. The van der Waals surface area contributed by atoms with Gasteiger partial charge in [0.1, 0.15) is 10.7 Å². The lowest BCUT2D eigenvalue weighted by Crippen LogP contribution is -2.43. The number of sulfonamides is 1. The van der Waals surface area contributed by atoms with Crippen LogP contribution in [0.15, 0.2) is 23.2 Å². The molecule has 1 aromatic heterocycles. The Kier molecular flexibility index (Phi) is 4.70. The first kappa shape index (κ1) is 14.9. The Morgan fingerprint density at radius 2 is 2.00 bits per heavy atom. The van der Waals surface area contributed by atoms with Crippen molar-refractivity contribution in [3.63, 3.8) is 0 Å². The molecular formula is C12H21N3O2S. The van der Waals surface area contributed by atoms with E-state index >= 15 is 0 Å². The summed E-state index contributed by atoms with van der Waals surface area (Å²) in [5.74, 6) is 0.641. The van der Waals surface area contributed by atoms with Crippen LogP contribution >= 0.6 is 0 Å². The first-order chi connectivity index (χ1) is 8.30. The Bertz CT molecular complexity index is 481. The van der Waals surface area contributed by atoms with Crippen molar-refractivity contribution < 1.29 is 8.42 Å². The molecule has 0 amide bonds. The van der Waals surface area contributed by atoms with Crippen molar-refractivity contribution in [2.45, 2.75) is 44.0 Å². The van der Waals surface area contributed by atoms with Crippen LogP contribution in [0, 0.1) is 0 Å². The Balaban J connectivity index is 2.92. The molecule has 0 saturated heterocycles. The first-order valence-electron chi connectivity index (χ1n) is 5.98. The highest BCUT2D eigenvalue weighted by Crippen LogP contribution is 2.17. The fraction of sp³-hybridized carbons (Fsp3) is 0.583. The van der Waals surface area contributed by atoms with Gasteiger partial charge in [-0.25, -0.2) is 18.1 Å². The van der Waals surface area contributed by atoms with Crippen LogP contribution in [0.3, 0.4) is 0 Å². The lowest BCUT2D eigenvalue weighted by Gasteiger charge is -2.25. The van der Waals surface area contributed by atoms with Gasteiger partial charge < -0.3 is 5.32 Å². The van der Waals surface area contributed by atoms with Gasteiger partial charge in [-0.3, -0.25) is 0 Å². The molecule has 0 fully saturated rings. The number of pyridine rings is 1. The lowest BCUT2D eigenvalue weighted by molar-refractivity contribution is 0.417. The van der Waals surface area contributed by atoms with Crippen molar-refractivity contribution >= 4 is 15.8 Å². The van der Waals surface area contributed by atoms with E-state index in [2.05, 4.69) is 15.0 Å². The smallest absolute Gasteiger partial charge is 0.242 e. The third-order valence-electron chi connectivity index (χ3n) is 2.59. The summed E-state index contributed by atoms with van der Waals surface area (Å²) in [5, 5.41) is 2.85. The van der Waals surface area contributed by atoms with Gasteiger partial charge >= 0.3 is 0 Å². The molecule has 2 N–H and O–H groups in total. The zero-order chi connectivity index (χ0) is 13.8. The van der Waals surface area contributed by atoms with Crippen molar-refractivity contribution in [2.24, 2.45) is 0 Å². The molecule has 1 heterocycles. The highest BCUT2D eigenvalue weighted by Gasteiger charge is 2.25. The molecule has 6 heteroatoms. The van der Waals surface area contributed by atoms with Gasteiger partial charge in [0.25, 0.3) is 0 Å². The predicted molar refractivity (Wildman–Crippen MR) is 73.1 cm³/mol. The first-order valence-corrected chi connectivity index (χ1v) is 7.47. The Morgan fingerprint density at radius 1 is 1.33 bits per heavy atom. The van der Waals surface area contributed by atoms with E-state index in [9.17, 15) is 8.42 Å². The van der Waals surface area contributed by atoms with Crippen LogP contribution in [-0.4, -0.2) is 26.0 Å². The number of aromatic nitrogens is 1. The average Bonchev–Trinajstić information content (AvgIpc) is 2.27. The molecule has 0 unspecified atom stereocenters. The number of hydrogen-bond acceptors (Lipinski definition) is 4. The average molecular weight is 271 g/mol. The Morgan fingerprint density at radius 3 is 2.44 bits per heavy atom. The van der Waals surface area contributed by atoms with Crippen LogP contribution < -0.4 is 10.0 Å². The van der Waals surface area contributed by atoms with Gasteiger partial charge in [-0.15, -0.1) is 0 Å². The van der Waals surface area contributed by atoms with Gasteiger partial charge in [0.2, 0.25) is 10.0 Å². The van der Waals surface area contributed by atoms with Crippen LogP contribution in [0.2, 0.25) is 0 Å². The molecule has 0 radical (unpaired) electrons. The molecule has 18 heavy (non-hydrogen) atoms. The van der Waals surface area contributed by atoms with Crippen molar-refractivity contribution in [1.82, 2.24) is 9.71 Å². The molecule has 0 saturated carbocycles. The molecule has 5 nitrogen and oxygen atoms in total. The van der Waals surface area contributed by atoms with E-state index < -0.39 is 15.6 Å². The summed E-state index contributed by atoms with van der Waals surface area (Å²) in [6.07, 6.45) is 3.07. The maximum absolute atomic E-state index is 12.2. The quantitative estimate of drug-likeness (QED) is 0.830. The van der Waals surface area contributed by atoms with E-state index in [-0.39, 0.29) is 4.90 Å². The molecular weight excluding hydrogens is 250 g/mol. The fourth-order valence-electron chi connectivity index (χ4n) is 1.79. The van der Waals surface area contributed by atoms with E-state index in [4.69, 9.17) is 0 Å². The summed E-state index contributed by atoms with van der Waals surface area (Å²) in [6.45, 7) is 5.78. The number of hydrogen-bond donors (Lipinski definition) is 2. The van der Waals surface area contributed by atoms with Crippen LogP contribution in [0.1, 0.15) is 33.6 Å². The summed E-state index contributed by atoms with van der Waals surface area (Å²) in [6, 6.07) is 3.19. The fourth-order valence-corrected chi connectivity index (χ4v) is 3.17. The van der Waals surface area contributed by atoms with Gasteiger partial charge in [0.05, 0.1) is 0 Å². The van der Waals surface area contributed by atoms with Crippen molar-refractivity contribution in [3.8, 4) is 0 Å².